The van der Waals surface area contributed by atoms with Gasteiger partial charge in [0.15, 0.2) is 23.0 Å². The Hall–Kier alpha value is -3.71. The lowest BCUT2D eigenvalue weighted by Crippen LogP contribution is -2.01. The number of hydrogen-bond donors (Lipinski definition) is 0. The van der Waals surface area contributed by atoms with Gasteiger partial charge in [-0.3, -0.25) is 0 Å². The highest BCUT2D eigenvalue weighted by Crippen LogP contribution is 2.49. The molecule has 0 unspecified atom stereocenters. The number of ether oxygens (including phenoxy) is 5. The molecular formula is C25H18O6S. The van der Waals surface area contributed by atoms with Crippen LogP contribution in [0.15, 0.2) is 47.8 Å². The fourth-order valence-electron chi connectivity index (χ4n) is 4.50. The number of esters is 1. The van der Waals surface area contributed by atoms with Crippen LogP contribution in [-0.4, -0.2) is 27.0 Å². The van der Waals surface area contributed by atoms with Gasteiger partial charge in [0.05, 0.1) is 19.8 Å². The summed E-state index contributed by atoms with van der Waals surface area (Å²) in [5, 5.41) is 3.87. The van der Waals surface area contributed by atoms with Crippen LogP contribution in [0.2, 0.25) is 0 Å². The first-order valence-electron chi connectivity index (χ1n) is 10.0. The summed E-state index contributed by atoms with van der Waals surface area (Å²) < 4.78 is 27.8. The summed E-state index contributed by atoms with van der Waals surface area (Å²) in [5.41, 5.74) is 4.08. The van der Waals surface area contributed by atoms with E-state index in [9.17, 15) is 4.79 Å². The summed E-state index contributed by atoms with van der Waals surface area (Å²) in [7, 11) is 3.22. The SMILES string of the molecule is COc1cc2c(-c3cccs3)c3c(c(-c4ccc5c(c4)OCO5)c2cc1OC)C(=O)OC3. The van der Waals surface area contributed by atoms with Gasteiger partial charge in [0.1, 0.15) is 6.61 Å². The van der Waals surface area contributed by atoms with E-state index in [1.807, 2.05) is 41.8 Å². The van der Waals surface area contributed by atoms with Crippen molar-refractivity contribution >= 4 is 28.1 Å². The molecule has 1 aromatic heterocycles. The van der Waals surface area contributed by atoms with Crippen LogP contribution in [-0.2, 0) is 11.3 Å². The number of carbonyl (C=O) groups excluding carboxylic acids is 1. The molecule has 2 aliphatic rings. The van der Waals surface area contributed by atoms with Gasteiger partial charge in [-0.25, -0.2) is 4.79 Å². The first-order chi connectivity index (χ1) is 15.7. The predicted octanol–water partition coefficient (Wildman–Crippen LogP) is 5.65. The van der Waals surface area contributed by atoms with Crippen molar-refractivity contribution < 1.29 is 28.5 Å². The molecular weight excluding hydrogens is 428 g/mol. The first kappa shape index (κ1) is 19.0. The molecule has 3 aromatic carbocycles. The van der Waals surface area contributed by atoms with E-state index in [-0.39, 0.29) is 19.4 Å². The molecule has 0 saturated carbocycles. The van der Waals surface area contributed by atoms with Gasteiger partial charge in [-0.05, 0) is 52.0 Å². The third-order valence-corrected chi connectivity index (χ3v) is 6.78. The molecule has 0 atom stereocenters. The van der Waals surface area contributed by atoms with Crippen LogP contribution in [0.25, 0.3) is 32.3 Å². The van der Waals surface area contributed by atoms with E-state index in [0.29, 0.717) is 28.6 Å². The number of hydrogen-bond acceptors (Lipinski definition) is 7. The van der Waals surface area contributed by atoms with Gasteiger partial charge in [-0.1, -0.05) is 12.1 Å². The van der Waals surface area contributed by atoms with Crippen molar-refractivity contribution in [2.24, 2.45) is 0 Å². The third kappa shape index (κ3) is 2.67. The van der Waals surface area contributed by atoms with Crippen LogP contribution in [0.1, 0.15) is 15.9 Å². The van der Waals surface area contributed by atoms with Crippen molar-refractivity contribution in [3.8, 4) is 44.6 Å². The highest BCUT2D eigenvalue weighted by Gasteiger charge is 2.33. The summed E-state index contributed by atoms with van der Waals surface area (Å²) in [6.45, 7) is 0.408. The maximum atomic E-state index is 13.0. The van der Waals surface area contributed by atoms with Gasteiger partial charge in [-0.2, -0.15) is 0 Å². The number of cyclic esters (lactones) is 1. The number of rotatable bonds is 4. The molecule has 0 saturated heterocycles. The van der Waals surface area contributed by atoms with Crippen LogP contribution in [0.4, 0.5) is 0 Å². The van der Waals surface area contributed by atoms with E-state index in [2.05, 4.69) is 6.07 Å². The van der Waals surface area contributed by atoms with Gasteiger partial charge >= 0.3 is 5.97 Å². The minimum absolute atomic E-state index is 0.183. The average Bonchev–Trinajstić information content (AvgIpc) is 3.58. The van der Waals surface area contributed by atoms with Gasteiger partial charge in [-0.15, -0.1) is 11.3 Å². The summed E-state index contributed by atoms with van der Waals surface area (Å²) in [4.78, 5) is 14.1. The maximum Gasteiger partial charge on any atom is 0.339 e. The van der Waals surface area contributed by atoms with Crippen molar-refractivity contribution in [1.82, 2.24) is 0 Å². The minimum atomic E-state index is -0.331. The lowest BCUT2D eigenvalue weighted by atomic mass is 9.86. The lowest BCUT2D eigenvalue weighted by molar-refractivity contribution is 0.0536. The highest BCUT2D eigenvalue weighted by molar-refractivity contribution is 7.13. The van der Waals surface area contributed by atoms with Crippen molar-refractivity contribution in [3.63, 3.8) is 0 Å². The quantitative estimate of drug-likeness (QED) is 0.378. The van der Waals surface area contributed by atoms with Crippen molar-refractivity contribution in [3.05, 3.63) is 59.0 Å². The van der Waals surface area contributed by atoms with Gasteiger partial charge in [0.2, 0.25) is 6.79 Å². The standard InChI is InChI=1S/C25H18O6S/c1-27-18-9-14-15(10-19(18)28-2)23(21-4-3-7-32-21)16-11-29-25(26)24(16)22(14)13-5-6-17-20(8-13)31-12-30-17/h3-10H,11-12H2,1-2H3. The highest BCUT2D eigenvalue weighted by atomic mass is 32.1. The van der Waals surface area contributed by atoms with Crippen molar-refractivity contribution in [1.29, 1.82) is 0 Å². The Bertz CT molecular complexity index is 1390. The van der Waals surface area contributed by atoms with Crippen LogP contribution < -0.4 is 18.9 Å². The van der Waals surface area contributed by atoms with Crippen LogP contribution in [0.3, 0.4) is 0 Å². The lowest BCUT2D eigenvalue weighted by Gasteiger charge is -2.18. The van der Waals surface area contributed by atoms with E-state index < -0.39 is 0 Å². The smallest absolute Gasteiger partial charge is 0.339 e. The van der Waals surface area contributed by atoms with Gasteiger partial charge < -0.3 is 23.7 Å². The molecule has 160 valence electrons. The van der Waals surface area contributed by atoms with Gasteiger partial charge in [0, 0.05) is 21.6 Å². The Morgan fingerprint density at radius 1 is 0.844 bits per heavy atom. The second-order valence-corrected chi connectivity index (χ2v) is 8.43. The molecule has 0 amide bonds. The minimum Gasteiger partial charge on any atom is -0.493 e. The zero-order chi connectivity index (χ0) is 21.8. The van der Waals surface area contributed by atoms with Crippen molar-refractivity contribution in [2.45, 2.75) is 6.61 Å². The largest absolute Gasteiger partial charge is 0.493 e. The molecule has 32 heavy (non-hydrogen) atoms. The third-order valence-electron chi connectivity index (χ3n) is 5.90. The topological polar surface area (TPSA) is 63.2 Å². The van der Waals surface area contributed by atoms with E-state index in [1.54, 1.807) is 25.6 Å². The molecule has 0 radical (unpaired) electrons. The molecule has 6 rings (SSSR count). The zero-order valence-electron chi connectivity index (χ0n) is 17.4. The molecule has 0 aliphatic carbocycles. The van der Waals surface area contributed by atoms with E-state index in [1.165, 1.54) is 0 Å². The zero-order valence-corrected chi connectivity index (χ0v) is 18.2. The first-order valence-corrected chi connectivity index (χ1v) is 10.9. The Balaban J connectivity index is 1.77. The Morgan fingerprint density at radius 3 is 2.31 bits per heavy atom. The fraction of sp³-hybridized carbons (Fsp3) is 0.160. The molecule has 0 bridgehead atoms. The molecule has 3 heterocycles. The number of methoxy groups -OCH3 is 2. The Labute approximate surface area is 187 Å². The molecule has 7 heteroatoms. The van der Waals surface area contributed by atoms with Gasteiger partial charge in [0.25, 0.3) is 0 Å². The molecule has 0 N–H and O–H groups in total. The van der Waals surface area contributed by atoms with E-state index in [4.69, 9.17) is 23.7 Å². The summed E-state index contributed by atoms with van der Waals surface area (Å²) in [5.74, 6) is 2.22. The average molecular weight is 446 g/mol. The normalized spacial score (nSPS) is 13.9. The van der Waals surface area contributed by atoms with E-state index in [0.717, 1.165) is 37.9 Å². The second-order valence-electron chi connectivity index (χ2n) is 7.48. The molecule has 4 aromatic rings. The van der Waals surface area contributed by atoms with Crippen molar-refractivity contribution in [2.75, 3.05) is 21.0 Å². The Morgan fingerprint density at radius 2 is 1.59 bits per heavy atom. The second kappa shape index (κ2) is 7.17. The fourth-order valence-corrected chi connectivity index (χ4v) is 5.31. The van der Waals surface area contributed by atoms with Crippen LogP contribution >= 0.6 is 11.3 Å². The molecule has 6 nitrogen and oxygen atoms in total. The number of carbonyl (C=O) groups is 1. The maximum absolute atomic E-state index is 13.0. The number of benzene rings is 3. The molecule has 2 aliphatic heterocycles. The predicted molar refractivity (Wildman–Crippen MR) is 121 cm³/mol. The van der Waals surface area contributed by atoms with Crippen LogP contribution in [0, 0.1) is 0 Å². The number of thiophene rings is 1. The monoisotopic (exact) mass is 446 g/mol. The van der Waals surface area contributed by atoms with Crippen LogP contribution in [0.5, 0.6) is 23.0 Å². The summed E-state index contributed by atoms with van der Waals surface area (Å²) in [6.07, 6.45) is 0. The number of fused-ring (bicyclic) bond motifs is 3. The summed E-state index contributed by atoms with van der Waals surface area (Å²) in [6, 6.07) is 13.7. The molecule has 0 spiro atoms. The molecule has 0 fully saturated rings. The Kier molecular flexibility index (Phi) is 4.26. The van der Waals surface area contributed by atoms with E-state index >= 15 is 0 Å². The summed E-state index contributed by atoms with van der Waals surface area (Å²) >= 11 is 1.62.